The van der Waals surface area contributed by atoms with E-state index in [-0.39, 0.29) is 15.7 Å². The number of benzene rings is 1. The van der Waals surface area contributed by atoms with Crippen LogP contribution in [0.25, 0.3) is 0 Å². The van der Waals surface area contributed by atoms with E-state index in [1.54, 1.807) is 14.0 Å². The summed E-state index contributed by atoms with van der Waals surface area (Å²) in [5, 5.41) is 14.9. The molecule has 0 saturated carbocycles. The van der Waals surface area contributed by atoms with Crippen LogP contribution in [0.2, 0.25) is 10.2 Å². The second kappa shape index (κ2) is 4.88. The van der Waals surface area contributed by atoms with E-state index < -0.39 is 11.9 Å². The van der Waals surface area contributed by atoms with Crippen molar-refractivity contribution in [2.45, 2.75) is 13.0 Å². The molecule has 0 aliphatic carbocycles. The average Bonchev–Trinajstić information content (AvgIpc) is 2.52. The van der Waals surface area contributed by atoms with Gasteiger partial charge >= 0.3 is 0 Å². The summed E-state index contributed by atoms with van der Waals surface area (Å²) in [6.45, 7) is 1.71. The van der Waals surface area contributed by atoms with E-state index in [0.717, 1.165) is 6.07 Å². The molecular weight excluding hydrogens is 278 g/mol. The molecule has 1 aromatic carbocycles. The lowest BCUT2D eigenvalue weighted by molar-refractivity contribution is 0.214. The SMILES string of the molecule is Cc1nn(C)c(Cl)c1C(O)c1ccc(Cl)cc1F. The molecule has 1 N–H and O–H groups in total. The van der Waals surface area contributed by atoms with Gasteiger partial charge in [-0.1, -0.05) is 29.3 Å². The Bertz CT molecular complexity index is 598. The van der Waals surface area contributed by atoms with Gasteiger partial charge < -0.3 is 5.11 Å². The second-order valence-electron chi connectivity index (χ2n) is 3.98. The van der Waals surface area contributed by atoms with Crippen LogP contribution in [0.4, 0.5) is 4.39 Å². The number of hydrogen-bond acceptors (Lipinski definition) is 2. The topological polar surface area (TPSA) is 38.0 Å². The molecule has 96 valence electrons. The van der Waals surface area contributed by atoms with Gasteiger partial charge in [-0.2, -0.15) is 5.10 Å². The summed E-state index contributed by atoms with van der Waals surface area (Å²) < 4.78 is 15.2. The zero-order valence-electron chi connectivity index (χ0n) is 9.78. The van der Waals surface area contributed by atoms with Crippen molar-refractivity contribution in [3.05, 3.63) is 51.0 Å². The minimum atomic E-state index is -1.16. The van der Waals surface area contributed by atoms with Crippen molar-refractivity contribution in [2.75, 3.05) is 0 Å². The number of aryl methyl sites for hydroxylation is 2. The van der Waals surface area contributed by atoms with E-state index in [1.807, 2.05) is 0 Å². The maximum absolute atomic E-state index is 13.7. The molecule has 0 bridgehead atoms. The van der Waals surface area contributed by atoms with Gasteiger partial charge in [0.2, 0.25) is 0 Å². The fourth-order valence-corrected chi connectivity index (χ4v) is 2.27. The first kappa shape index (κ1) is 13.3. The summed E-state index contributed by atoms with van der Waals surface area (Å²) >= 11 is 11.7. The molecule has 2 rings (SSSR count). The molecular formula is C12H11Cl2FN2O. The smallest absolute Gasteiger partial charge is 0.133 e. The lowest BCUT2D eigenvalue weighted by atomic mass is 10.0. The van der Waals surface area contributed by atoms with Gasteiger partial charge in [0, 0.05) is 23.2 Å². The minimum Gasteiger partial charge on any atom is -0.383 e. The van der Waals surface area contributed by atoms with Crippen LogP contribution in [0.5, 0.6) is 0 Å². The van der Waals surface area contributed by atoms with E-state index in [9.17, 15) is 9.50 Å². The van der Waals surface area contributed by atoms with Gasteiger partial charge in [0.25, 0.3) is 0 Å². The lowest BCUT2D eigenvalue weighted by Crippen LogP contribution is -2.04. The average molecular weight is 289 g/mol. The highest BCUT2D eigenvalue weighted by Crippen LogP contribution is 2.32. The molecule has 1 aromatic heterocycles. The maximum atomic E-state index is 13.7. The molecule has 6 heteroatoms. The monoisotopic (exact) mass is 288 g/mol. The Hall–Kier alpha value is -1.10. The van der Waals surface area contributed by atoms with Crippen LogP contribution in [0.15, 0.2) is 18.2 Å². The van der Waals surface area contributed by atoms with E-state index in [4.69, 9.17) is 23.2 Å². The van der Waals surface area contributed by atoms with E-state index in [2.05, 4.69) is 5.10 Å². The molecule has 1 unspecified atom stereocenters. The first-order chi connectivity index (χ1) is 8.41. The van der Waals surface area contributed by atoms with Crippen LogP contribution < -0.4 is 0 Å². The molecule has 3 nitrogen and oxygen atoms in total. The Balaban J connectivity index is 2.51. The second-order valence-corrected chi connectivity index (χ2v) is 4.78. The van der Waals surface area contributed by atoms with Crippen molar-refractivity contribution in [2.24, 2.45) is 7.05 Å². The van der Waals surface area contributed by atoms with Gasteiger partial charge in [-0.25, -0.2) is 4.39 Å². The number of nitrogens with zero attached hydrogens (tertiary/aromatic N) is 2. The molecule has 0 aliphatic rings. The van der Waals surface area contributed by atoms with Crippen LogP contribution in [-0.4, -0.2) is 14.9 Å². The molecule has 2 aromatic rings. The molecule has 0 radical (unpaired) electrons. The van der Waals surface area contributed by atoms with E-state index in [1.165, 1.54) is 16.8 Å². The number of aliphatic hydroxyl groups is 1. The van der Waals surface area contributed by atoms with Crippen LogP contribution in [0.3, 0.4) is 0 Å². The van der Waals surface area contributed by atoms with Crippen LogP contribution in [0.1, 0.15) is 22.9 Å². The number of rotatable bonds is 2. The van der Waals surface area contributed by atoms with Crippen molar-refractivity contribution in [1.29, 1.82) is 0 Å². The first-order valence-electron chi connectivity index (χ1n) is 5.23. The summed E-state index contributed by atoms with van der Waals surface area (Å²) in [5.41, 5.74) is 1.09. The quantitative estimate of drug-likeness (QED) is 0.921. The molecule has 1 heterocycles. The Morgan fingerprint density at radius 1 is 1.39 bits per heavy atom. The zero-order chi connectivity index (χ0) is 13.4. The first-order valence-corrected chi connectivity index (χ1v) is 5.99. The Morgan fingerprint density at radius 2 is 2.06 bits per heavy atom. The Labute approximate surface area is 114 Å². The molecule has 0 spiro atoms. The zero-order valence-corrected chi connectivity index (χ0v) is 11.3. The van der Waals surface area contributed by atoms with Crippen molar-refractivity contribution in [1.82, 2.24) is 9.78 Å². The molecule has 0 amide bonds. The molecule has 18 heavy (non-hydrogen) atoms. The van der Waals surface area contributed by atoms with Gasteiger partial charge in [-0.15, -0.1) is 0 Å². The number of hydrogen-bond donors (Lipinski definition) is 1. The summed E-state index contributed by atoms with van der Waals surface area (Å²) in [7, 11) is 1.66. The Kier molecular flexibility index (Phi) is 3.61. The molecule has 0 fully saturated rings. The van der Waals surface area contributed by atoms with E-state index in [0.29, 0.717) is 11.3 Å². The number of aromatic nitrogens is 2. The van der Waals surface area contributed by atoms with Gasteiger partial charge in [0.1, 0.15) is 17.1 Å². The largest absolute Gasteiger partial charge is 0.383 e. The molecule has 0 saturated heterocycles. The van der Waals surface area contributed by atoms with Gasteiger partial charge in [0.15, 0.2) is 0 Å². The minimum absolute atomic E-state index is 0.123. The van der Waals surface area contributed by atoms with Crippen LogP contribution in [-0.2, 0) is 7.05 Å². The third-order valence-corrected chi connectivity index (χ3v) is 3.41. The predicted octanol–water partition coefficient (Wildman–Crippen LogP) is 3.26. The third kappa shape index (κ3) is 2.23. The highest BCUT2D eigenvalue weighted by Gasteiger charge is 2.23. The van der Waals surface area contributed by atoms with Crippen molar-refractivity contribution < 1.29 is 9.50 Å². The van der Waals surface area contributed by atoms with Crippen LogP contribution in [0, 0.1) is 12.7 Å². The van der Waals surface area contributed by atoms with Crippen molar-refractivity contribution >= 4 is 23.2 Å². The summed E-state index contributed by atoms with van der Waals surface area (Å²) in [6.07, 6.45) is -1.16. The lowest BCUT2D eigenvalue weighted by Gasteiger charge is -2.12. The highest BCUT2D eigenvalue weighted by molar-refractivity contribution is 6.31. The highest BCUT2D eigenvalue weighted by atomic mass is 35.5. The Morgan fingerprint density at radius 3 is 2.56 bits per heavy atom. The number of halogens is 3. The standard InChI is InChI=1S/C12H11Cl2FN2O/c1-6-10(12(14)17(2)16-6)11(18)8-4-3-7(13)5-9(8)15/h3-5,11,18H,1-2H3. The van der Waals surface area contributed by atoms with Crippen molar-refractivity contribution in [3.63, 3.8) is 0 Å². The fourth-order valence-electron chi connectivity index (χ4n) is 1.84. The third-order valence-electron chi connectivity index (χ3n) is 2.73. The predicted molar refractivity (Wildman–Crippen MR) is 68.4 cm³/mol. The van der Waals surface area contributed by atoms with Crippen LogP contribution >= 0.6 is 23.2 Å². The van der Waals surface area contributed by atoms with E-state index >= 15 is 0 Å². The molecule has 1 atom stereocenters. The normalized spacial score (nSPS) is 12.8. The molecule has 0 aliphatic heterocycles. The maximum Gasteiger partial charge on any atom is 0.133 e. The van der Waals surface area contributed by atoms with Crippen molar-refractivity contribution in [3.8, 4) is 0 Å². The van der Waals surface area contributed by atoms with Gasteiger partial charge in [0.05, 0.1) is 5.69 Å². The van der Waals surface area contributed by atoms with Gasteiger partial charge in [-0.05, 0) is 19.1 Å². The summed E-state index contributed by atoms with van der Waals surface area (Å²) in [5.74, 6) is -0.575. The summed E-state index contributed by atoms with van der Waals surface area (Å²) in [4.78, 5) is 0. The van der Waals surface area contributed by atoms with Gasteiger partial charge in [-0.3, -0.25) is 4.68 Å². The number of aliphatic hydroxyl groups excluding tert-OH is 1. The summed E-state index contributed by atoms with van der Waals surface area (Å²) in [6, 6.07) is 4.10. The fraction of sp³-hybridized carbons (Fsp3) is 0.250.